The van der Waals surface area contributed by atoms with Crippen molar-refractivity contribution in [3.63, 3.8) is 0 Å². The molecule has 4 heteroatoms. The highest BCUT2D eigenvalue weighted by Crippen LogP contribution is 2.25. The van der Waals surface area contributed by atoms with Gasteiger partial charge in [-0.2, -0.15) is 0 Å². The Balaban J connectivity index is 1.80. The third-order valence-corrected chi connectivity index (χ3v) is 4.56. The molecule has 0 N–H and O–H groups in total. The summed E-state index contributed by atoms with van der Waals surface area (Å²) in [6, 6.07) is 20.6. The number of rotatable bonds is 8. The van der Waals surface area contributed by atoms with E-state index in [4.69, 9.17) is 4.98 Å². The van der Waals surface area contributed by atoms with Gasteiger partial charge in [0.1, 0.15) is 0 Å². The van der Waals surface area contributed by atoms with Crippen LogP contribution in [0.5, 0.6) is 0 Å². The van der Waals surface area contributed by atoms with Crippen molar-refractivity contribution < 1.29 is 0 Å². The van der Waals surface area contributed by atoms with Crippen LogP contribution < -0.4 is 0 Å². The van der Waals surface area contributed by atoms with Gasteiger partial charge in [0.05, 0.1) is 17.1 Å². The molecule has 140 valence electrons. The lowest BCUT2D eigenvalue weighted by atomic mass is 10.0. The fourth-order valence-corrected chi connectivity index (χ4v) is 3.18. The van der Waals surface area contributed by atoms with Crippen LogP contribution in [0.15, 0.2) is 66.9 Å². The predicted molar refractivity (Wildman–Crippen MR) is 112 cm³/mol. The maximum absolute atomic E-state index is 4.88. The first kappa shape index (κ1) is 19.2. The Morgan fingerprint density at radius 3 is 2.26 bits per heavy atom. The number of aromatic nitrogens is 2. The highest BCUT2D eigenvalue weighted by atomic mass is 15.1. The van der Waals surface area contributed by atoms with Crippen molar-refractivity contribution >= 4 is 0 Å². The van der Waals surface area contributed by atoms with Gasteiger partial charge in [-0.05, 0) is 70.5 Å². The number of pyridine rings is 2. The van der Waals surface area contributed by atoms with E-state index in [0.29, 0.717) is 0 Å². The van der Waals surface area contributed by atoms with Gasteiger partial charge >= 0.3 is 0 Å². The fraction of sp³-hybridized carbons (Fsp3) is 0.304. The van der Waals surface area contributed by atoms with Crippen LogP contribution in [0, 0.1) is 0 Å². The summed E-state index contributed by atoms with van der Waals surface area (Å²) in [5.74, 6) is 0. The van der Waals surface area contributed by atoms with Crippen molar-refractivity contribution in [2.24, 2.45) is 0 Å². The Bertz CT molecular complexity index is 846. The number of benzene rings is 1. The molecule has 0 saturated heterocycles. The van der Waals surface area contributed by atoms with Crippen LogP contribution in [0.4, 0.5) is 0 Å². The van der Waals surface area contributed by atoms with Crippen LogP contribution in [0.25, 0.3) is 22.6 Å². The Kier molecular flexibility index (Phi) is 6.69. The van der Waals surface area contributed by atoms with E-state index in [9.17, 15) is 0 Å². The molecule has 3 rings (SSSR count). The number of nitrogens with zero attached hydrogens (tertiary/aromatic N) is 4. The van der Waals surface area contributed by atoms with Crippen molar-refractivity contribution in [2.75, 3.05) is 34.2 Å². The van der Waals surface area contributed by atoms with Gasteiger partial charge < -0.3 is 9.80 Å². The standard InChI is InChI=1S/C23H28N4/c1-26(2)16-9-17-27(3)18-19-10-4-5-11-20(19)21-13-8-14-23(25-21)22-12-6-7-15-24-22/h4-8,10-15H,9,16-18H2,1-3H3. The van der Waals surface area contributed by atoms with Gasteiger partial charge in [-0.3, -0.25) is 4.98 Å². The van der Waals surface area contributed by atoms with Gasteiger partial charge in [0.2, 0.25) is 0 Å². The van der Waals surface area contributed by atoms with Gasteiger partial charge in [-0.1, -0.05) is 36.4 Å². The molecular formula is C23H28N4. The van der Waals surface area contributed by atoms with Crippen molar-refractivity contribution in [1.29, 1.82) is 0 Å². The summed E-state index contributed by atoms with van der Waals surface area (Å²) in [7, 11) is 6.43. The molecular weight excluding hydrogens is 332 g/mol. The third-order valence-electron chi connectivity index (χ3n) is 4.56. The summed E-state index contributed by atoms with van der Waals surface area (Å²) in [5, 5.41) is 0. The average Bonchev–Trinajstić information content (AvgIpc) is 2.69. The molecule has 4 nitrogen and oxygen atoms in total. The molecule has 3 aromatic rings. The summed E-state index contributed by atoms with van der Waals surface area (Å²) in [5.41, 5.74) is 5.29. The van der Waals surface area contributed by atoms with Crippen LogP contribution in [-0.2, 0) is 6.54 Å². The van der Waals surface area contributed by atoms with E-state index in [1.165, 1.54) is 17.5 Å². The highest BCUT2D eigenvalue weighted by molar-refractivity contribution is 5.67. The van der Waals surface area contributed by atoms with E-state index in [0.717, 1.165) is 36.7 Å². The maximum atomic E-state index is 4.88. The molecule has 0 saturated carbocycles. The Morgan fingerprint density at radius 1 is 0.741 bits per heavy atom. The zero-order valence-electron chi connectivity index (χ0n) is 16.5. The number of hydrogen-bond donors (Lipinski definition) is 0. The first-order chi connectivity index (χ1) is 13.1. The second-order valence-corrected chi connectivity index (χ2v) is 7.17. The molecule has 2 heterocycles. The molecule has 2 aromatic heterocycles. The minimum absolute atomic E-state index is 0.901. The zero-order valence-corrected chi connectivity index (χ0v) is 16.5. The van der Waals surface area contributed by atoms with Crippen LogP contribution >= 0.6 is 0 Å². The van der Waals surface area contributed by atoms with E-state index < -0.39 is 0 Å². The lowest BCUT2D eigenvalue weighted by Gasteiger charge is -2.20. The quantitative estimate of drug-likeness (QED) is 0.603. The molecule has 0 fully saturated rings. The Labute approximate surface area is 162 Å². The van der Waals surface area contributed by atoms with Gasteiger partial charge in [-0.15, -0.1) is 0 Å². The zero-order chi connectivity index (χ0) is 19.1. The highest BCUT2D eigenvalue weighted by Gasteiger charge is 2.10. The fourth-order valence-electron chi connectivity index (χ4n) is 3.18. The third kappa shape index (κ3) is 5.46. The van der Waals surface area contributed by atoms with Gasteiger partial charge in [0.25, 0.3) is 0 Å². The Hall–Kier alpha value is -2.56. The first-order valence-electron chi connectivity index (χ1n) is 9.43. The molecule has 0 radical (unpaired) electrons. The van der Waals surface area contributed by atoms with Crippen molar-refractivity contribution in [3.8, 4) is 22.6 Å². The monoisotopic (exact) mass is 360 g/mol. The molecule has 0 atom stereocenters. The van der Waals surface area contributed by atoms with Crippen LogP contribution in [0.2, 0.25) is 0 Å². The summed E-state index contributed by atoms with van der Waals surface area (Å²) >= 11 is 0. The molecule has 0 unspecified atom stereocenters. The second kappa shape index (κ2) is 9.40. The van der Waals surface area contributed by atoms with E-state index >= 15 is 0 Å². The first-order valence-corrected chi connectivity index (χ1v) is 9.43. The summed E-state index contributed by atoms with van der Waals surface area (Å²) in [4.78, 5) is 13.9. The van der Waals surface area contributed by atoms with Crippen molar-refractivity contribution in [3.05, 3.63) is 72.4 Å². The predicted octanol–water partition coefficient (Wildman–Crippen LogP) is 4.19. The minimum atomic E-state index is 0.901. The van der Waals surface area contributed by atoms with E-state index in [-0.39, 0.29) is 0 Å². The average molecular weight is 361 g/mol. The molecule has 0 spiro atoms. The lowest BCUT2D eigenvalue weighted by Crippen LogP contribution is -2.23. The molecule has 0 aliphatic carbocycles. The van der Waals surface area contributed by atoms with Crippen molar-refractivity contribution in [1.82, 2.24) is 19.8 Å². The molecule has 0 bridgehead atoms. The summed E-state index contributed by atoms with van der Waals surface area (Å²) in [6.45, 7) is 3.10. The largest absolute Gasteiger partial charge is 0.309 e. The minimum Gasteiger partial charge on any atom is -0.309 e. The normalized spacial score (nSPS) is 11.3. The molecule has 27 heavy (non-hydrogen) atoms. The van der Waals surface area contributed by atoms with Gasteiger partial charge in [0, 0.05) is 18.3 Å². The lowest BCUT2D eigenvalue weighted by molar-refractivity contribution is 0.295. The SMILES string of the molecule is CN(C)CCCN(C)Cc1ccccc1-c1cccc(-c2ccccn2)n1. The van der Waals surface area contributed by atoms with Crippen molar-refractivity contribution in [2.45, 2.75) is 13.0 Å². The van der Waals surface area contributed by atoms with Crippen LogP contribution in [0.1, 0.15) is 12.0 Å². The van der Waals surface area contributed by atoms with Gasteiger partial charge in [0.15, 0.2) is 0 Å². The molecule has 0 aliphatic heterocycles. The summed E-state index contributed by atoms with van der Waals surface area (Å²) in [6.07, 6.45) is 2.97. The molecule has 0 aliphatic rings. The van der Waals surface area contributed by atoms with E-state index in [1.807, 2.05) is 24.3 Å². The number of hydrogen-bond acceptors (Lipinski definition) is 4. The van der Waals surface area contributed by atoms with Gasteiger partial charge in [-0.25, -0.2) is 4.98 Å². The smallest absolute Gasteiger partial charge is 0.0893 e. The summed E-state index contributed by atoms with van der Waals surface area (Å²) < 4.78 is 0. The molecule has 0 amide bonds. The van der Waals surface area contributed by atoms with E-state index in [2.05, 4.69) is 72.3 Å². The Morgan fingerprint density at radius 2 is 1.48 bits per heavy atom. The van der Waals surface area contributed by atoms with E-state index in [1.54, 1.807) is 6.20 Å². The van der Waals surface area contributed by atoms with Crippen LogP contribution in [-0.4, -0.2) is 54.0 Å². The maximum Gasteiger partial charge on any atom is 0.0893 e. The second-order valence-electron chi connectivity index (χ2n) is 7.17. The molecule has 1 aromatic carbocycles. The van der Waals surface area contributed by atoms with Crippen LogP contribution in [0.3, 0.4) is 0 Å². The topological polar surface area (TPSA) is 32.3 Å².